The topological polar surface area (TPSA) is 132 Å². The number of rotatable bonds is 6. The zero-order valence-electron chi connectivity index (χ0n) is 12.8. The SMILES string of the molecule is Nc1nc(NCc2ccco2)nc(Nc2ccccc2F)c1[N+](=O)[O-]. The first-order valence-electron chi connectivity index (χ1n) is 7.14. The Labute approximate surface area is 140 Å². The highest BCUT2D eigenvalue weighted by atomic mass is 19.1. The molecule has 2 aromatic heterocycles. The van der Waals surface area contributed by atoms with Crippen LogP contribution in [0.1, 0.15) is 5.76 Å². The lowest BCUT2D eigenvalue weighted by Gasteiger charge is -2.10. The minimum atomic E-state index is -0.727. The number of nitrogens with zero attached hydrogens (tertiary/aromatic N) is 3. The van der Waals surface area contributed by atoms with Crippen molar-refractivity contribution in [1.82, 2.24) is 9.97 Å². The summed E-state index contributed by atoms with van der Waals surface area (Å²) in [7, 11) is 0. The Bertz CT molecular complexity index is 900. The lowest BCUT2D eigenvalue weighted by molar-refractivity contribution is -0.383. The number of furan rings is 1. The van der Waals surface area contributed by atoms with Gasteiger partial charge in [0.25, 0.3) is 0 Å². The molecule has 0 atom stereocenters. The molecule has 4 N–H and O–H groups in total. The molecule has 25 heavy (non-hydrogen) atoms. The fourth-order valence-electron chi connectivity index (χ4n) is 2.09. The number of nitrogen functional groups attached to an aromatic ring is 1. The predicted molar refractivity (Wildman–Crippen MR) is 88.8 cm³/mol. The Morgan fingerprint density at radius 3 is 2.72 bits per heavy atom. The molecule has 0 radical (unpaired) electrons. The van der Waals surface area contributed by atoms with E-state index in [9.17, 15) is 14.5 Å². The largest absolute Gasteiger partial charge is 0.467 e. The van der Waals surface area contributed by atoms with E-state index in [2.05, 4.69) is 20.6 Å². The molecule has 10 heteroatoms. The van der Waals surface area contributed by atoms with Gasteiger partial charge in [0.15, 0.2) is 0 Å². The van der Waals surface area contributed by atoms with Crippen LogP contribution in [0.2, 0.25) is 0 Å². The second-order valence-electron chi connectivity index (χ2n) is 4.92. The Kier molecular flexibility index (Phi) is 4.42. The lowest BCUT2D eigenvalue weighted by atomic mass is 10.3. The second-order valence-corrected chi connectivity index (χ2v) is 4.92. The van der Waals surface area contributed by atoms with Gasteiger partial charge in [-0.2, -0.15) is 9.97 Å². The van der Waals surface area contributed by atoms with E-state index in [1.54, 1.807) is 18.2 Å². The highest BCUT2D eigenvalue weighted by Gasteiger charge is 2.24. The van der Waals surface area contributed by atoms with Crippen molar-refractivity contribution in [3.63, 3.8) is 0 Å². The Balaban J connectivity index is 1.93. The molecule has 3 rings (SSSR count). The number of hydrogen-bond donors (Lipinski definition) is 3. The van der Waals surface area contributed by atoms with E-state index in [0.717, 1.165) is 0 Å². The van der Waals surface area contributed by atoms with Crippen molar-refractivity contribution in [2.75, 3.05) is 16.4 Å². The van der Waals surface area contributed by atoms with Crippen molar-refractivity contribution in [2.45, 2.75) is 6.54 Å². The molecule has 3 aromatic rings. The van der Waals surface area contributed by atoms with Crippen LogP contribution < -0.4 is 16.4 Å². The summed E-state index contributed by atoms with van der Waals surface area (Å²) in [5.74, 6) is -0.494. The van der Waals surface area contributed by atoms with Crippen LogP contribution in [0, 0.1) is 15.9 Å². The zero-order valence-corrected chi connectivity index (χ0v) is 12.8. The molecule has 2 heterocycles. The smallest absolute Gasteiger partial charge is 0.353 e. The third-order valence-electron chi connectivity index (χ3n) is 3.22. The molecule has 0 saturated heterocycles. The van der Waals surface area contributed by atoms with Crippen molar-refractivity contribution < 1.29 is 13.7 Å². The predicted octanol–water partition coefficient (Wildman–Crippen LogP) is 3.05. The van der Waals surface area contributed by atoms with Gasteiger partial charge < -0.3 is 20.8 Å². The van der Waals surface area contributed by atoms with Crippen molar-refractivity contribution in [1.29, 1.82) is 0 Å². The normalized spacial score (nSPS) is 10.4. The number of aromatic nitrogens is 2. The molecule has 9 nitrogen and oxygen atoms in total. The molecule has 0 spiro atoms. The number of anilines is 4. The number of hydrogen-bond acceptors (Lipinski definition) is 8. The van der Waals surface area contributed by atoms with Gasteiger partial charge in [0.05, 0.1) is 23.4 Å². The monoisotopic (exact) mass is 344 g/mol. The first kappa shape index (κ1) is 16.2. The van der Waals surface area contributed by atoms with Gasteiger partial charge in [-0.1, -0.05) is 12.1 Å². The van der Waals surface area contributed by atoms with Crippen LogP contribution in [0.25, 0.3) is 0 Å². The molecule has 0 aliphatic heterocycles. The van der Waals surface area contributed by atoms with E-state index in [-0.39, 0.29) is 29.8 Å². The summed E-state index contributed by atoms with van der Waals surface area (Å²) >= 11 is 0. The molecule has 0 bridgehead atoms. The van der Waals surface area contributed by atoms with Gasteiger partial charge in [-0.15, -0.1) is 0 Å². The summed E-state index contributed by atoms with van der Waals surface area (Å²) in [6.45, 7) is 0.253. The Morgan fingerprint density at radius 2 is 2.04 bits per heavy atom. The quantitative estimate of drug-likeness (QED) is 0.459. The van der Waals surface area contributed by atoms with Crippen LogP contribution in [0.15, 0.2) is 47.1 Å². The maximum atomic E-state index is 13.8. The Morgan fingerprint density at radius 1 is 1.24 bits per heavy atom. The van der Waals surface area contributed by atoms with Crippen molar-refractivity contribution in [2.24, 2.45) is 0 Å². The molecule has 0 unspecified atom stereocenters. The summed E-state index contributed by atoms with van der Waals surface area (Å²) in [6, 6.07) is 9.17. The van der Waals surface area contributed by atoms with E-state index < -0.39 is 16.4 Å². The third-order valence-corrected chi connectivity index (χ3v) is 3.22. The number of halogens is 1. The molecular formula is C15H13FN6O3. The van der Waals surface area contributed by atoms with Crippen molar-refractivity contribution in [3.8, 4) is 0 Å². The van der Waals surface area contributed by atoms with Crippen LogP contribution in [0.5, 0.6) is 0 Å². The molecule has 1 aromatic carbocycles. The van der Waals surface area contributed by atoms with Gasteiger partial charge in [-0.25, -0.2) is 4.39 Å². The minimum absolute atomic E-state index is 0.0284. The van der Waals surface area contributed by atoms with Crippen LogP contribution in [-0.4, -0.2) is 14.9 Å². The van der Waals surface area contributed by atoms with Crippen molar-refractivity contribution in [3.05, 3.63) is 64.4 Å². The zero-order chi connectivity index (χ0) is 17.8. The summed E-state index contributed by atoms with van der Waals surface area (Å²) in [6.07, 6.45) is 1.51. The van der Waals surface area contributed by atoms with E-state index in [0.29, 0.717) is 5.76 Å². The van der Waals surface area contributed by atoms with Gasteiger partial charge in [0, 0.05) is 0 Å². The lowest BCUT2D eigenvalue weighted by Crippen LogP contribution is -2.10. The first-order valence-corrected chi connectivity index (χ1v) is 7.14. The summed E-state index contributed by atoms with van der Waals surface area (Å²) in [4.78, 5) is 18.4. The van der Waals surface area contributed by atoms with E-state index in [1.807, 2.05) is 0 Å². The van der Waals surface area contributed by atoms with Crippen LogP contribution in [0.3, 0.4) is 0 Å². The second kappa shape index (κ2) is 6.83. The fourth-order valence-corrected chi connectivity index (χ4v) is 2.09. The van der Waals surface area contributed by atoms with E-state index in [4.69, 9.17) is 10.2 Å². The molecule has 0 amide bonds. The highest BCUT2D eigenvalue weighted by molar-refractivity contribution is 5.74. The molecule has 128 valence electrons. The molecule has 0 fully saturated rings. The minimum Gasteiger partial charge on any atom is -0.467 e. The fraction of sp³-hybridized carbons (Fsp3) is 0.0667. The van der Waals surface area contributed by atoms with Crippen LogP contribution >= 0.6 is 0 Å². The number of para-hydroxylation sites is 1. The van der Waals surface area contributed by atoms with E-state index >= 15 is 0 Å². The molecule has 0 aliphatic rings. The van der Waals surface area contributed by atoms with Crippen LogP contribution in [-0.2, 0) is 6.54 Å². The maximum absolute atomic E-state index is 13.8. The molecule has 0 aliphatic carbocycles. The van der Waals surface area contributed by atoms with Crippen molar-refractivity contribution >= 4 is 29.0 Å². The average Bonchev–Trinajstić information content (AvgIpc) is 3.08. The number of nitrogens with two attached hydrogens (primary N) is 1. The Hall–Kier alpha value is -3.69. The molecule has 0 saturated carbocycles. The first-order chi connectivity index (χ1) is 12.0. The third kappa shape index (κ3) is 3.63. The standard InChI is InChI=1S/C15H13FN6O3/c16-10-5-1-2-6-11(10)19-14-12(22(23)24)13(17)20-15(21-14)18-8-9-4-3-7-25-9/h1-7H,8H2,(H4,17,18,19,20,21). The summed E-state index contributed by atoms with van der Waals surface area (Å²) < 4.78 is 19.0. The number of nitrogens with one attached hydrogen (secondary N) is 2. The van der Waals surface area contributed by atoms with Crippen LogP contribution in [0.4, 0.5) is 33.3 Å². The van der Waals surface area contributed by atoms with Gasteiger partial charge in [0.2, 0.25) is 17.6 Å². The number of benzene rings is 1. The average molecular weight is 344 g/mol. The molecular weight excluding hydrogens is 331 g/mol. The van der Waals surface area contributed by atoms with E-state index in [1.165, 1.54) is 24.5 Å². The van der Waals surface area contributed by atoms with Gasteiger partial charge in [-0.3, -0.25) is 10.1 Å². The maximum Gasteiger partial charge on any atom is 0.353 e. The summed E-state index contributed by atoms with van der Waals surface area (Å²) in [5.41, 5.74) is 5.17. The highest BCUT2D eigenvalue weighted by Crippen LogP contribution is 2.32. The van der Waals surface area contributed by atoms with Gasteiger partial charge in [0.1, 0.15) is 11.6 Å². The van der Waals surface area contributed by atoms with Gasteiger partial charge >= 0.3 is 5.69 Å². The summed E-state index contributed by atoms with van der Waals surface area (Å²) in [5, 5.41) is 16.7. The number of nitro groups is 1. The van der Waals surface area contributed by atoms with Gasteiger partial charge in [-0.05, 0) is 24.3 Å².